The highest BCUT2D eigenvalue weighted by Gasteiger charge is 2.65. The van der Waals surface area contributed by atoms with Gasteiger partial charge in [-0.2, -0.15) is 0 Å². The Morgan fingerprint density at radius 1 is 1.11 bits per heavy atom. The number of methoxy groups -OCH3 is 1. The van der Waals surface area contributed by atoms with Gasteiger partial charge in [0, 0.05) is 44.0 Å². The second kappa shape index (κ2) is 6.23. The van der Waals surface area contributed by atoms with Crippen molar-refractivity contribution in [2.75, 3.05) is 7.11 Å². The summed E-state index contributed by atoms with van der Waals surface area (Å²) in [5.41, 5.74) is 0.0162. The summed E-state index contributed by atoms with van der Waals surface area (Å²) in [6.07, 6.45) is 1.17. The molecule has 0 amide bonds. The molecular formula is C27H20BrN3O5. The van der Waals surface area contributed by atoms with E-state index in [1.807, 2.05) is 53.2 Å². The maximum Gasteiger partial charge on any atom is 0.343 e. The fourth-order valence-electron chi connectivity index (χ4n) is 6.78. The third-order valence-electron chi connectivity index (χ3n) is 8.28. The van der Waals surface area contributed by atoms with E-state index in [4.69, 9.17) is 9.47 Å². The van der Waals surface area contributed by atoms with E-state index in [1.165, 1.54) is 7.11 Å². The number of esters is 1. The minimum absolute atomic E-state index is 0.00964. The molecule has 0 spiro atoms. The molecule has 9 heteroatoms. The highest BCUT2D eigenvalue weighted by atomic mass is 79.9. The van der Waals surface area contributed by atoms with Gasteiger partial charge >= 0.3 is 5.97 Å². The summed E-state index contributed by atoms with van der Waals surface area (Å²) in [5, 5.41) is 28.3. The SMILES string of the molecule is COC(=O)[C@]1(O)CC2O[C@]1(C)n1c3ccccc3c3c4c[nH]c(O)c4c4c5cc(Br)ccc5n2c4c31. The van der Waals surface area contributed by atoms with E-state index in [9.17, 15) is 15.0 Å². The monoisotopic (exact) mass is 545 g/mol. The fraction of sp³-hybridized carbons (Fsp3) is 0.222. The summed E-state index contributed by atoms with van der Waals surface area (Å²) in [6, 6.07) is 13.8. The topological polar surface area (TPSA) is 102 Å². The number of fused-ring (bicyclic) bond motifs is 13. The zero-order chi connectivity index (χ0) is 24.7. The molecule has 3 atom stereocenters. The van der Waals surface area contributed by atoms with Gasteiger partial charge in [0.05, 0.1) is 34.6 Å². The van der Waals surface area contributed by atoms with Gasteiger partial charge in [-0.15, -0.1) is 0 Å². The van der Waals surface area contributed by atoms with Crippen molar-refractivity contribution in [1.82, 2.24) is 14.1 Å². The van der Waals surface area contributed by atoms with E-state index < -0.39 is 23.5 Å². The number of benzene rings is 3. The first-order valence-corrected chi connectivity index (χ1v) is 12.5. The van der Waals surface area contributed by atoms with E-state index in [2.05, 4.69) is 25.5 Å². The van der Waals surface area contributed by atoms with Crippen LogP contribution in [0.5, 0.6) is 5.88 Å². The van der Waals surface area contributed by atoms with E-state index in [-0.39, 0.29) is 12.3 Å². The van der Waals surface area contributed by atoms with Gasteiger partial charge in [-0.05, 0) is 31.2 Å². The molecule has 180 valence electrons. The fourth-order valence-corrected chi connectivity index (χ4v) is 7.14. The van der Waals surface area contributed by atoms with E-state index in [1.54, 1.807) is 6.92 Å². The predicted octanol–water partition coefficient (Wildman–Crippen LogP) is 5.36. The first kappa shape index (κ1) is 20.6. The molecule has 8 rings (SSSR count). The first-order chi connectivity index (χ1) is 17.3. The second-order valence-electron chi connectivity index (χ2n) is 9.87. The van der Waals surface area contributed by atoms with E-state index in [0.717, 1.165) is 58.9 Å². The second-order valence-corrected chi connectivity index (χ2v) is 10.8. The van der Waals surface area contributed by atoms with Crippen LogP contribution in [0.1, 0.15) is 19.6 Å². The minimum atomic E-state index is -1.94. The van der Waals surface area contributed by atoms with Crippen molar-refractivity contribution in [2.24, 2.45) is 0 Å². The largest absolute Gasteiger partial charge is 0.494 e. The predicted molar refractivity (Wildman–Crippen MR) is 139 cm³/mol. The van der Waals surface area contributed by atoms with Gasteiger partial charge in [0.2, 0.25) is 5.60 Å². The molecular weight excluding hydrogens is 526 g/mol. The van der Waals surface area contributed by atoms with Crippen molar-refractivity contribution < 1.29 is 24.5 Å². The van der Waals surface area contributed by atoms with Gasteiger partial charge in [0.25, 0.3) is 0 Å². The molecule has 3 aromatic heterocycles. The number of nitrogens with zero attached hydrogens (tertiary/aromatic N) is 2. The molecule has 0 aliphatic carbocycles. The number of aromatic nitrogens is 3. The zero-order valence-corrected chi connectivity index (χ0v) is 20.9. The summed E-state index contributed by atoms with van der Waals surface area (Å²) < 4.78 is 16.7. The maximum absolute atomic E-state index is 13.2. The lowest BCUT2D eigenvalue weighted by molar-refractivity contribution is -0.202. The number of aromatic hydroxyl groups is 1. The minimum Gasteiger partial charge on any atom is -0.494 e. The van der Waals surface area contributed by atoms with Crippen LogP contribution in [0.15, 0.2) is 53.1 Å². The summed E-state index contributed by atoms with van der Waals surface area (Å²) in [5.74, 6) is -0.645. The summed E-state index contributed by atoms with van der Waals surface area (Å²) in [4.78, 5) is 16.2. The van der Waals surface area contributed by atoms with Gasteiger partial charge in [0.15, 0.2) is 11.6 Å². The van der Waals surface area contributed by atoms with Crippen LogP contribution in [-0.2, 0) is 20.0 Å². The van der Waals surface area contributed by atoms with Gasteiger partial charge in [-0.1, -0.05) is 34.1 Å². The van der Waals surface area contributed by atoms with Crippen LogP contribution in [0.2, 0.25) is 0 Å². The molecule has 1 saturated heterocycles. The summed E-state index contributed by atoms with van der Waals surface area (Å²) >= 11 is 3.61. The van der Waals surface area contributed by atoms with E-state index >= 15 is 0 Å². The smallest absolute Gasteiger partial charge is 0.343 e. The molecule has 5 heterocycles. The molecule has 2 bridgehead atoms. The summed E-state index contributed by atoms with van der Waals surface area (Å²) in [6.45, 7) is 1.76. The van der Waals surface area contributed by atoms with Crippen molar-refractivity contribution in [3.05, 3.63) is 53.1 Å². The Hall–Kier alpha value is -3.53. The van der Waals surface area contributed by atoms with Crippen LogP contribution in [-0.4, -0.2) is 43.0 Å². The number of rotatable bonds is 1. The summed E-state index contributed by atoms with van der Waals surface area (Å²) in [7, 11) is 1.28. The van der Waals surface area contributed by atoms with Crippen LogP contribution in [0.4, 0.5) is 0 Å². The number of nitrogens with one attached hydrogen (secondary N) is 1. The number of carbonyl (C=O) groups excluding carboxylic acids is 1. The van der Waals surface area contributed by atoms with Crippen LogP contribution in [0, 0.1) is 0 Å². The van der Waals surface area contributed by atoms with Gasteiger partial charge in [-0.25, -0.2) is 4.79 Å². The lowest BCUT2D eigenvalue weighted by Gasteiger charge is -2.37. The molecule has 0 saturated carbocycles. The maximum atomic E-state index is 13.2. The number of halogens is 1. The lowest BCUT2D eigenvalue weighted by Crippen LogP contribution is -2.56. The quantitative estimate of drug-likeness (QED) is 0.241. The zero-order valence-electron chi connectivity index (χ0n) is 19.3. The Morgan fingerprint density at radius 2 is 1.92 bits per heavy atom. The third-order valence-corrected chi connectivity index (χ3v) is 8.78. The number of hydrogen-bond acceptors (Lipinski definition) is 5. The Morgan fingerprint density at radius 3 is 2.72 bits per heavy atom. The van der Waals surface area contributed by atoms with Crippen molar-refractivity contribution >= 4 is 76.3 Å². The number of H-pyrrole nitrogens is 1. The molecule has 2 aliphatic heterocycles. The number of aromatic amines is 1. The van der Waals surface area contributed by atoms with Gasteiger partial charge < -0.3 is 33.8 Å². The highest BCUT2D eigenvalue weighted by molar-refractivity contribution is 9.10. The van der Waals surface area contributed by atoms with Crippen LogP contribution >= 0.6 is 15.9 Å². The highest BCUT2D eigenvalue weighted by Crippen LogP contribution is 2.58. The standard InChI is InChI=1S/C27H20BrN3O5/c1-26-27(34,25(33)35-2)10-18(36-26)30-16-8-7-12(28)9-14(16)20-21-15(11-29-24(21)32)19-13-5-3-4-6-17(13)31(26)23(19)22(20)30/h3-9,11,18,29,32,34H,10H2,1-2H3/t18?,26-,27+/m0/s1. The first-order valence-electron chi connectivity index (χ1n) is 11.7. The molecule has 0 radical (unpaired) electrons. The number of carbonyl (C=O) groups is 1. The average molecular weight is 546 g/mol. The Bertz CT molecular complexity index is 1980. The Kier molecular flexibility index (Phi) is 3.57. The Balaban J connectivity index is 1.76. The van der Waals surface area contributed by atoms with Gasteiger partial charge in [0.1, 0.15) is 6.23 Å². The van der Waals surface area contributed by atoms with Crippen molar-refractivity contribution in [3.8, 4) is 5.88 Å². The normalized spacial score (nSPS) is 25.2. The molecule has 6 aromatic rings. The van der Waals surface area contributed by atoms with Crippen molar-refractivity contribution in [2.45, 2.75) is 30.9 Å². The number of ether oxygens (including phenoxy) is 2. The molecule has 1 unspecified atom stereocenters. The van der Waals surface area contributed by atoms with Crippen molar-refractivity contribution in [1.29, 1.82) is 0 Å². The molecule has 3 aromatic carbocycles. The molecule has 36 heavy (non-hydrogen) atoms. The molecule has 3 N–H and O–H groups in total. The van der Waals surface area contributed by atoms with E-state index in [0.29, 0.717) is 0 Å². The molecule has 8 nitrogen and oxygen atoms in total. The average Bonchev–Trinajstić information content (AvgIpc) is 3.55. The van der Waals surface area contributed by atoms with Crippen LogP contribution < -0.4 is 0 Å². The lowest BCUT2D eigenvalue weighted by atomic mass is 9.89. The van der Waals surface area contributed by atoms with Gasteiger partial charge in [-0.3, -0.25) is 0 Å². The Labute approximate surface area is 211 Å². The molecule has 1 fully saturated rings. The third kappa shape index (κ3) is 2.02. The molecule has 2 aliphatic rings. The van der Waals surface area contributed by atoms with Crippen LogP contribution in [0.3, 0.4) is 0 Å². The number of para-hydroxylation sites is 1. The van der Waals surface area contributed by atoms with Crippen molar-refractivity contribution in [3.63, 3.8) is 0 Å². The number of aliphatic hydroxyl groups is 1. The van der Waals surface area contributed by atoms with Crippen LogP contribution in [0.25, 0.3) is 54.4 Å². The number of hydrogen-bond donors (Lipinski definition) is 3.